The third-order valence-corrected chi connectivity index (χ3v) is 14.9. The quantitative estimate of drug-likeness (QED) is 0.0449. The molecule has 0 spiro atoms. The van der Waals surface area contributed by atoms with E-state index in [9.17, 15) is 43.2 Å². The number of carbonyl (C=O) groups is 9. The Bertz CT molecular complexity index is 2510. The zero-order chi connectivity index (χ0) is 63.2. The lowest BCUT2D eigenvalue weighted by atomic mass is 9.92. The molecule has 1 saturated heterocycles. The zero-order valence-electron chi connectivity index (χ0n) is 52.2. The number of hydrogen-bond acceptors (Lipinski definition) is 17. The summed E-state index contributed by atoms with van der Waals surface area (Å²) >= 11 is 0. The number of aryl methyl sites for hydroxylation is 1. The van der Waals surface area contributed by atoms with Crippen LogP contribution in [-0.4, -0.2) is 193 Å². The summed E-state index contributed by atoms with van der Waals surface area (Å²) < 4.78 is 76.5. The molecule has 0 unspecified atom stereocenters. The zero-order valence-corrected chi connectivity index (χ0v) is 52.2. The topological polar surface area (TPSA) is 240 Å². The van der Waals surface area contributed by atoms with Crippen molar-refractivity contribution >= 4 is 53.7 Å². The lowest BCUT2D eigenvalue weighted by Gasteiger charge is -2.36. The lowest BCUT2D eigenvalue weighted by Crippen LogP contribution is -2.54. The van der Waals surface area contributed by atoms with Crippen molar-refractivity contribution in [3.63, 3.8) is 0 Å². The van der Waals surface area contributed by atoms with E-state index < -0.39 is 132 Å². The summed E-state index contributed by atoms with van der Waals surface area (Å²) in [7, 11) is 5.10. The number of esters is 5. The summed E-state index contributed by atoms with van der Waals surface area (Å²) in [5, 5.41) is 0. The highest BCUT2D eigenvalue weighted by atomic mass is 19.1. The van der Waals surface area contributed by atoms with E-state index in [0.29, 0.717) is 44.6 Å². The number of hydrogen-bond donors (Lipinski definition) is 0. The van der Waals surface area contributed by atoms with Gasteiger partial charge in [0.15, 0.2) is 18.3 Å². The predicted octanol–water partition coefficient (Wildman–Crippen LogP) is 7.48. The van der Waals surface area contributed by atoms with Crippen LogP contribution in [0, 0.1) is 18.8 Å². The summed E-state index contributed by atoms with van der Waals surface area (Å²) in [6.07, 6.45) is -4.76. The molecule has 0 bridgehead atoms. The van der Waals surface area contributed by atoms with E-state index in [1.165, 1.54) is 69.7 Å². The number of alkyl halides is 2. The first-order valence-electron chi connectivity index (χ1n) is 29.0. The van der Waals surface area contributed by atoms with E-state index in [-0.39, 0.29) is 57.2 Å². The SMILES string of the molecule is Cc1cccc(COC(=O)[C@@H](CC2=CCOCC2)OC(=O)[C@H](CC(C)(C)F)N(C)C(=O)[C@@H](C)OC(=O)[C@H](CC(C)C)N(C)C(=O)[C@@H](CC2CCOCC2)OC(=O)[C@H](CC(C)(C)F)N(C)C(=O)[C@@H](C)OC(=O)C2(N(C)C(=O)OC(C)(C)C)CC2)c1. The van der Waals surface area contributed by atoms with E-state index in [1.54, 1.807) is 52.8 Å². The van der Waals surface area contributed by atoms with Gasteiger partial charge in [-0.25, -0.2) is 37.5 Å². The van der Waals surface area contributed by atoms with Crippen LogP contribution in [0.2, 0.25) is 0 Å². The summed E-state index contributed by atoms with van der Waals surface area (Å²) in [5.41, 5.74) is -4.03. The van der Waals surface area contributed by atoms with Crippen molar-refractivity contribution < 1.29 is 89.8 Å². The Kier molecular flexibility index (Phi) is 25.3. The minimum atomic E-state index is -2.10. The van der Waals surface area contributed by atoms with Gasteiger partial charge in [-0.3, -0.25) is 19.3 Å². The number of likely N-dealkylation sites (N-methyl/N-ethyl adjacent to an activating group) is 4. The van der Waals surface area contributed by atoms with Gasteiger partial charge in [-0.2, -0.15) is 0 Å². The smallest absolute Gasteiger partial charge is 0.410 e. The van der Waals surface area contributed by atoms with Crippen molar-refractivity contribution in [2.75, 3.05) is 54.6 Å². The molecule has 1 aromatic rings. The van der Waals surface area contributed by atoms with E-state index >= 15 is 8.78 Å². The van der Waals surface area contributed by atoms with Crippen molar-refractivity contribution in [1.82, 2.24) is 19.6 Å². The third-order valence-electron chi connectivity index (χ3n) is 14.9. The molecule has 2 heterocycles. The molecule has 3 aliphatic rings. The Hall–Kier alpha value is -6.23. The van der Waals surface area contributed by atoms with Crippen LogP contribution in [0.25, 0.3) is 0 Å². The predicted molar refractivity (Wildman–Crippen MR) is 303 cm³/mol. The van der Waals surface area contributed by atoms with Crippen LogP contribution in [0.4, 0.5) is 13.6 Å². The number of nitrogens with zero attached hydrogens (tertiary/aromatic N) is 4. The van der Waals surface area contributed by atoms with E-state index in [4.69, 9.17) is 37.9 Å². The Morgan fingerprint density at radius 1 is 0.667 bits per heavy atom. The Morgan fingerprint density at radius 3 is 1.68 bits per heavy atom. The van der Waals surface area contributed by atoms with Gasteiger partial charge in [0.25, 0.3) is 17.7 Å². The summed E-state index contributed by atoms with van der Waals surface area (Å²) in [6.45, 7) is 18.9. The van der Waals surface area contributed by atoms with Gasteiger partial charge in [-0.15, -0.1) is 0 Å². The number of rotatable bonds is 28. The molecule has 2 fully saturated rings. The molecule has 1 saturated carbocycles. The fourth-order valence-corrected chi connectivity index (χ4v) is 9.85. The van der Waals surface area contributed by atoms with Crippen molar-refractivity contribution in [3.05, 3.63) is 47.0 Å². The molecule has 1 aromatic carbocycles. The van der Waals surface area contributed by atoms with Gasteiger partial charge >= 0.3 is 35.9 Å². The molecule has 2 aliphatic heterocycles. The second-order valence-electron chi connectivity index (χ2n) is 25.2. The molecule has 472 valence electrons. The Morgan fingerprint density at radius 2 is 1.19 bits per heavy atom. The molecule has 1 aliphatic carbocycles. The maximum Gasteiger partial charge on any atom is 0.410 e. The first kappa shape index (κ1) is 70.3. The molecule has 7 atom stereocenters. The third kappa shape index (κ3) is 21.4. The maximum absolute atomic E-state index is 15.7. The lowest BCUT2D eigenvalue weighted by molar-refractivity contribution is -0.177. The van der Waals surface area contributed by atoms with E-state index in [1.807, 2.05) is 19.1 Å². The highest BCUT2D eigenvalue weighted by Crippen LogP contribution is 2.43. The molecule has 4 rings (SSSR count). The number of halogens is 2. The van der Waals surface area contributed by atoms with Crippen molar-refractivity contribution in [2.24, 2.45) is 11.8 Å². The summed E-state index contributed by atoms with van der Waals surface area (Å²) in [5.74, 6) is -8.31. The molecular formula is C61H92F2N4O17. The largest absolute Gasteiger partial charge is 0.458 e. The van der Waals surface area contributed by atoms with Gasteiger partial charge in [0, 0.05) is 60.7 Å². The van der Waals surface area contributed by atoms with Crippen LogP contribution in [0.1, 0.15) is 151 Å². The fourth-order valence-electron chi connectivity index (χ4n) is 9.85. The molecule has 4 amide bonds. The van der Waals surface area contributed by atoms with Gasteiger partial charge in [0.05, 0.1) is 13.2 Å². The molecule has 0 N–H and O–H groups in total. The van der Waals surface area contributed by atoms with Gasteiger partial charge < -0.3 is 52.6 Å². The van der Waals surface area contributed by atoms with E-state index in [0.717, 1.165) is 30.7 Å². The average Bonchev–Trinajstić information content (AvgIpc) is 2.03. The summed E-state index contributed by atoms with van der Waals surface area (Å²) in [6, 6.07) is 2.57. The standard InChI is InChI=1S/C61H92F2N4O17/c1-37(2)30-44(52(71)80-39(4)49(68)65(14)46(35-60(11,12)63)54(73)83-48(33-42-22-28-78-29-23-42)55(74)79-36-43-19-17-18-38(3)31-43)64(13)51(70)47(32-41-20-26-77-27-21-41)82-53(72)45(34-59(9,10)62)66(15)50(69)40(5)81-56(75)61(24-25-61)67(16)57(76)84-58(6,7)8/h17-19,22,31,37,39-41,44-48H,20-21,23-30,32-36H2,1-16H3/t39-,40-,44+,45+,46+,47-,48-/m1/s1. The second-order valence-corrected chi connectivity index (χ2v) is 25.2. The average molecular weight is 1190 g/mol. The number of carbonyl (C=O) groups excluding carboxylic acids is 9. The van der Waals surface area contributed by atoms with Gasteiger partial charge in [-0.1, -0.05) is 55.3 Å². The van der Waals surface area contributed by atoms with Crippen LogP contribution in [0.15, 0.2) is 35.9 Å². The van der Waals surface area contributed by atoms with Crippen LogP contribution in [0.5, 0.6) is 0 Å². The molecule has 21 nitrogen and oxygen atoms in total. The highest BCUT2D eigenvalue weighted by molar-refractivity contribution is 5.94. The number of ether oxygens (including phenoxy) is 8. The number of benzene rings is 1. The molecule has 0 radical (unpaired) electrons. The van der Waals surface area contributed by atoms with Crippen LogP contribution in [0.3, 0.4) is 0 Å². The molecule has 84 heavy (non-hydrogen) atoms. The monoisotopic (exact) mass is 1190 g/mol. The number of amides is 4. The minimum absolute atomic E-state index is 0.0218. The second kappa shape index (κ2) is 30.2. The highest BCUT2D eigenvalue weighted by Gasteiger charge is 2.58. The van der Waals surface area contributed by atoms with Crippen molar-refractivity contribution in [2.45, 2.75) is 219 Å². The summed E-state index contributed by atoms with van der Waals surface area (Å²) in [4.78, 5) is 130. The van der Waals surface area contributed by atoms with Crippen molar-refractivity contribution in [3.8, 4) is 0 Å². The van der Waals surface area contributed by atoms with Crippen molar-refractivity contribution in [1.29, 1.82) is 0 Å². The van der Waals surface area contributed by atoms with Gasteiger partial charge in [0.2, 0.25) is 6.10 Å². The minimum Gasteiger partial charge on any atom is -0.458 e. The molecule has 23 heteroatoms. The Labute approximate surface area is 494 Å². The fraction of sp³-hybridized carbons (Fsp3) is 0.721. The molecular weight excluding hydrogens is 1100 g/mol. The maximum atomic E-state index is 15.7. The van der Waals surface area contributed by atoms with Crippen LogP contribution >= 0.6 is 0 Å². The van der Waals surface area contributed by atoms with Gasteiger partial charge in [0.1, 0.15) is 47.2 Å². The van der Waals surface area contributed by atoms with Crippen LogP contribution in [-0.2, 0) is 82.9 Å². The first-order valence-corrected chi connectivity index (χ1v) is 29.0. The van der Waals surface area contributed by atoms with E-state index in [2.05, 4.69) is 0 Å². The van der Waals surface area contributed by atoms with Crippen LogP contribution < -0.4 is 0 Å². The first-order chi connectivity index (χ1) is 38.9. The normalized spacial score (nSPS) is 18.0. The Balaban J connectivity index is 1.56. The molecule has 0 aromatic heterocycles. The van der Waals surface area contributed by atoms with Gasteiger partial charge in [-0.05, 0) is 132 Å².